The van der Waals surface area contributed by atoms with Crippen LogP contribution in [0.5, 0.6) is 5.75 Å². The van der Waals surface area contributed by atoms with Crippen LogP contribution < -0.4 is 4.74 Å². The Morgan fingerprint density at radius 3 is 2.59 bits per heavy atom. The van der Waals surface area contributed by atoms with Crippen LogP contribution in [0.4, 0.5) is 0 Å². The molecule has 1 aliphatic carbocycles. The molecule has 0 saturated heterocycles. The minimum Gasteiger partial charge on any atom is -0.497 e. The van der Waals surface area contributed by atoms with Crippen molar-refractivity contribution in [2.45, 2.75) is 51.2 Å². The molecular formula is C26H28Cl2N2O2. The van der Waals surface area contributed by atoms with Gasteiger partial charge in [0.15, 0.2) is 0 Å². The molecule has 1 amide bonds. The molecule has 6 heteroatoms. The van der Waals surface area contributed by atoms with Crippen LogP contribution in [0.25, 0.3) is 0 Å². The van der Waals surface area contributed by atoms with E-state index in [1.54, 1.807) is 25.3 Å². The lowest BCUT2D eigenvalue weighted by Crippen LogP contribution is -2.41. The van der Waals surface area contributed by atoms with E-state index in [9.17, 15) is 4.79 Å². The number of nitrogens with zero attached hydrogens (tertiary/aromatic N) is 2. The van der Waals surface area contributed by atoms with E-state index in [-0.39, 0.29) is 11.9 Å². The first-order valence-corrected chi connectivity index (χ1v) is 11.8. The number of benzene rings is 2. The highest BCUT2D eigenvalue weighted by Gasteiger charge is 2.27. The first-order chi connectivity index (χ1) is 15.5. The molecule has 4 nitrogen and oxygen atoms in total. The second-order valence-corrected chi connectivity index (χ2v) is 9.15. The van der Waals surface area contributed by atoms with Crippen molar-refractivity contribution in [1.29, 1.82) is 0 Å². The number of amides is 1. The van der Waals surface area contributed by atoms with Crippen molar-refractivity contribution in [3.63, 3.8) is 0 Å². The molecule has 0 atom stereocenters. The molecule has 0 unspecified atom stereocenters. The van der Waals surface area contributed by atoms with Gasteiger partial charge in [-0.2, -0.15) is 0 Å². The maximum absolute atomic E-state index is 13.6. The summed E-state index contributed by atoms with van der Waals surface area (Å²) in [6, 6.07) is 17.6. The zero-order valence-electron chi connectivity index (χ0n) is 18.3. The number of rotatable bonds is 7. The zero-order valence-corrected chi connectivity index (χ0v) is 19.8. The molecule has 0 radical (unpaired) electrons. The minimum absolute atomic E-state index is 0.00426. The number of methoxy groups -OCH3 is 1. The summed E-state index contributed by atoms with van der Waals surface area (Å²) in [5.41, 5.74) is 2.84. The van der Waals surface area contributed by atoms with Crippen LogP contribution in [0.2, 0.25) is 10.0 Å². The van der Waals surface area contributed by atoms with Gasteiger partial charge in [0.25, 0.3) is 5.91 Å². The van der Waals surface area contributed by atoms with Gasteiger partial charge in [0.1, 0.15) is 5.75 Å². The number of halogens is 2. The first-order valence-electron chi connectivity index (χ1n) is 11.1. The van der Waals surface area contributed by atoms with Crippen molar-refractivity contribution in [3.05, 3.63) is 87.7 Å². The Bertz CT molecular complexity index is 1070. The molecule has 1 heterocycles. The van der Waals surface area contributed by atoms with Crippen molar-refractivity contribution < 1.29 is 9.53 Å². The summed E-state index contributed by atoms with van der Waals surface area (Å²) in [5, 5.41) is 0.863. The third kappa shape index (κ3) is 5.31. The first kappa shape index (κ1) is 22.8. The largest absolute Gasteiger partial charge is 0.497 e. The number of aromatic nitrogens is 1. The molecule has 1 aromatic heterocycles. The fraction of sp³-hybridized carbons (Fsp3) is 0.346. The van der Waals surface area contributed by atoms with Gasteiger partial charge in [0.05, 0.1) is 23.7 Å². The molecule has 2 aromatic carbocycles. The standard InChI is InChI=1S/C26H28Cl2N2O2/c1-32-23-11-5-7-19(15-23)17-29-14-6-10-22(29)18-30(21-8-3-2-4-9-21)26(31)20-12-13-24(27)25(28)16-20/h5-7,10-16,21H,2-4,8-9,17-18H2,1H3. The van der Waals surface area contributed by atoms with Gasteiger partial charge in [-0.25, -0.2) is 0 Å². The Hall–Kier alpha value is -2.43. The quantitative estimate of drug-likeness (QED) is 0.379. The van der Waals surface area contributed by atoms with Gasteiger partial charge >= 0.3 is 0 Å². The average Bonchev–Trinajstić information content (AvgIpc) is 3.26. The van der Waals surface area contributed by atoms with Crippen molar-refractivity contribution >= 4 is 29.1 Å². The molecule has 32 heavy (non-hydrogen) atoms. The molecular weight excluding hydrogens is 443 g/mol. The fourth-order valence-electron chi connectivity index (χ4n) is 4.44. The molecule has 1 aliphatic rings. The molecule has 168 valence electrons. The maximum Gasteiger partial charge on any atom is 0.254 e. The molecule has 3 aromatic rings. The number of carbonyl (C=O) groups is 1. The molecule has 4 rings (SSSR count). The van der Waals surface area contributed by atoms with Gasteiger partial charge in [-0.15, -0.1) is 0 Å². The number of hydrogen-bond acceptors (Lipinski definition) is 2. The smallest absolute Gasteiger partial charge is 0.254 e. The lowest BCUT2D eigenvalue weighted by molar-refractivity contribution is 0.0608. The Kier molecular flexibility index (Phi) is 7.44. The molecule has 0 spiro atoms. The van der Waals surface area contributed by atoms with Crippen LogP contribution in [0.3, 0.4) is 0 Å². The lowest BCUT2D eigenvalue weighted by Gasteiger charge is -2.35. The van der Waals surface area contributed by atoms with Crippen molar-refractivity contribution in [1.82, 2.24) is 9.47 Å². The topological polar surface area (TPSA) is 34.5 Å². The van der Waals surface area contributed by atoms with Crippen LogP contribution in [-0.2, 0) is 13.1 Å². The highest BCUT2D eigenvalue weighted by atomic mass is 35.5. The second kappa shape index (κ2) is 10.5. The molecule has 0 aliphatic heterocycles. The predicted molar refractivity (Wildman–Crippen MR) is 130 cm³/mol. The van der Waals surface area contributed by atoms with Gasteiger partial charge in [-0.3, -0.25) is 4.79 Å². The lowest BCUT2D eigenvalue weighted by atomic mass is 9.93. The second-order valence-electron chi connectivity index (χ2n) is 8.33. The van der Waals surface area contributed by atoms with Gasteiger partial charge in [-0.05, 0) is 60.9 Å². The summed E-state index contributed by atoms with van der Waals surface area (Å²) in [4.78, 5) is 15.6. The van der Waals surface area contributed by atoms with Crippen LogP contribution in [0.15, 0.2) is 60.8 Å². The summed E-state index contributed by atoms with van der Waals surface area (Å²) in [7, 11) is 1.68. The molecule has 1 fully saturated rings. The van der Waals surface area contributed by atoms with E-state index in [0.29, 0.717) is 22.2 Å². The Labute approximate surface area is 199 Å². The average molecular weight is 471 g/mol. The van der Waals surface area contributed by atoms with E-state index in [2.05, 4.69) is 22.9 Å². The number of hydrogen-bond donors (Lipinski definition) is 0. The summed E-state index contributed by atoms with van der Waals surface area (Å²) in [6.45, 7) is 1.28. The Morgan fingerprint density at radius 1 is 1.03 bits per heavy atom. The van der Waals surface area contributed by atoms with Crippen LogP contribution in [0, 0.1) is 0 Å². The van der Waals surface area contributed by atoms with Gasteiger partial charge < -0.3 is 14.2 Å². The minimum atomic E-state index is 0.00426. The molecule has 1 saturated carbocycles. The Morgan fingerprint density at radius 2 is 1.84 bits per heavy atom. The van der Waals surface area contributed by atoms with Crippen LogP contribution >= 0.6 is 23.2 Å². The SMILES string of the molecule is COc1cccc(Cn2cccc2CN(C(=O)c2ccc(Cl)c(Cl)c2)C2CCCCC2)c1. The highest BCUT2D eigenvalue weighted by molar-refractivity contribution is 6.42. The summed E-state index contributed by atoms with van der Waals surface area (Å²) in [6.07, 6.45) is 7.67. The summed E-state index contributed by atoms with van der Waals surface area (Å²) >= 11 is 12.3. The third-order valence-electron chi connectivity index (χ3n) is 6.19. The zero-order chi connectivity index (χ0) is 22.5. The normalized spacial score (nSPS) is 14.3. The number of carbonyl (C=O) groups excluding carboxylic acids is 1. The predicted octanol–water partition coefficient (Wildman–Crippen LogP) is 6.83. The van der Waals surface area contributed by atoms with E-state index in [0.717, 1.165) is 49.2 Å². The van der Waals surface area contributed by atoms with E-state index in [4.69, 9.17) is 27.9 Å². The van der Waals surface area contributed by atoms with Gasteiger partial charge in [-0.1, -0.05) is 54.6 Å². The van der Waals surface area contributed by atoms with E-state index >= 15 is 0 Å². The van der Waals surface area contributed by atoms with Gasteiger partial charge in [0.2, 0.25) is 0 Å². The Balaban J connectivity index is 1.59. The van der Waals surface area contributed by atoms with E-state index < -0.39 is 0 Å². The highest BCUT2D eigenvalue weighted by Crippen LogP contribution is 2.28. The summed E-state index contributed by atoms with van der Waals surface area (Å²) < 4.78 is 7.57. The maximum atomic E-state index is 13.6. The van der Waals surface area contributed by atoms with Crippen LogP contribution in [-0.4, -0.2) is 28.5 Å². The van der Waals surface area contributed by atoms with E-state index in [1.807, 2.05) is 29.2 Å². The van der Waals surface area contributed by atoms with Crippen molar-refractivity contribution in [3.8, 4) is 5.75 Å². The number of ether oxygens (including phenoxy) is 1. The third-order valence-corrected chi connectivity index (χ3v) is 6.92. The summed E-state index contributed by atoms with van der Waals surface area (Å²) in [5.74, 6) is 0.847. The van der Waals surface area contributed by atoms with Crippen LogP contribution in [0.1, 0.15) is 53.7 Å². The molecule has 0 N–H and O–H groups in total. The van der Waals surface area contributed by atoms with E-state index in [1.165, 1.54) is 6.42 Å². The molecule has 0 bridgehead atoms. The van der Waals surface area contributed by atoms with Gasteiger partial charge in [0, 0.05) is 30.0 Å². The fourth-order valence-corrected chi connectivity index (χ4v) is 4.74. The van der Waals surface area contributed by atoms with Crippen molar-refractivity contribution in [2.75, 3.05) is 7.11 Å². The monoisotopic (exact) mass is 470 g/mol. The van der Waals surface area contributed by atoms with Crippen molar-refractivity contribution in [2.24, 2.45) is 0 Å².